The number of carbonyl (C=O) groups excluding carboxylic acids is 1. The van der Waals surface area contributed by atoms with E-state index in [2.05, 4.69) is 35.8 Å². The maximum absolute atomic E-state index is 12.4. The normalized spacial score (nSPS) is 14.1. The molecule has 0 bridgehead atoms. The van der Waals surface area contributed by atoms with E-state index in [9.17, 15) is 4.79 Å². The third kappa shape index (κ3) is 5.52. The summed E-state index contributed by atoms with van der Waals surface area (Å²) in [5, 5.41) is 12.5. The first-order chi connectivity index (χ1) is 17.3. The van der Waals surface area contributed by atoms with Crippen LogP contribution in [0.2, 0.25) is 0 Å². The van der Waals surface area contributed by atoms with E-state index in [1.165, 1.54) is 32.3 Å². The molecule has 2 N–H and O–H groups in total. The Morgan fingerprint density at radius 2 is 1.83 bits per heavy atom. The molecular formula is C26H28N8O. The van der Waals surface area contributed by atoms with Crippen molar-refractivity contribution in [1.29, 1.82) is 0 Å². The minimum atomic E-state index is -0.0492. The van der Waals surface area contributed by atoms with Gasteiger partial charge in [0.1, 0.15) is 6.33 Å². The highest BCUT2D eigenvalue weighted by atomic mass is 16.1. The summed E-state index contributed by atoms with van der Waals surface area (Å²) < 4.78 is 1.77. The minimum Gasteiger partial charge on any atom is -0.352 e. The van der Waals surface area contributed by atoms with Crippen LogP contribution in [0.25, 0.3) is 16.7 Å². The van der Waals surface area contributed by atoms with E-state index < -0.39 is 0 Å². The quantitative estimate of drug-likeness (QED) is 0.222. The van der Waals surface area contributed by atoms with Gasteiger partial charge in [-0.25, -0.2) is 14.6 Å². The number of nitrogens with one attached hydrogen (secondary N) is 2. The van der Waals surface area contributed by atoms with Crippen molar-refractivity contribution in [3.8, 4) is 5.69 Å². The fraction of sp³-hybridized carbons (Fsp3) is 0.269. The Bertz CT molecular complexity index is 1290. The van der Waals surface area contributed by atoms with Crippen molar-refractivity contribution in [2.24, 2.45) is 5.10 Å². The molecule has 1 amide bonds. The minimum absolute atomic E-state index is 0.0492. The third-order valence-corrected chi connectivity index (χ3v) is 6.06. The van der Waals surface area contributed by atoms with E-state index >= 15 is 0 Å². The van der Waals surface area contributed by atoms with Crippen LogP contribution in [0, 0.1) is 0 Å². The monoisotopic (exact) mass is 468 g/mol. The van der Waals surface area contributed by atoms with Crippen molar-refractivity contribution in [2.75, 3.05) is 31.6 Å². The van der Waals surface area contributed by atoms with Gasteiger partial charge in [0.15, 0.2) is 11.5 Å². The van der Waals surface area contributed by atoms with Gasteiger partial charge in [0.2, 0.25) is 0 Å². The van der Waals surface area contributed by atoms with Gasteiger partial charge in [-0.1, -0.05) is 30.3 Å². The Morgan fingerprint density at radius 1 is 1.03 bits per heavy atom. The van der Waals surface area contributed by atoms with Gasteiger partial charge in [-0.2, -0.15) is 10.2 Å². The van der Waals surface area contributed by atoms with E-state index in [4.69, 9.17) is 0 Å². The lowest BCUT2D eigenvalue weighted by Gasteiger charge is -2.14. The highest BCUT2D eigenvalue weighted by Crippen LogP contribution is 2.21. The van der Waals surface area contributed by atoms with Crippen LogP contribution < -0.4 is 10.7 Å². The summed E-state index contributed by atoms with van der Waals surface area (Å²) in [6, 6.07) is 17.2. The molecule has 178 valence electrons. The van der Waals surface area contributed by atoms with Gasteiger partial charge in [-0.3, -0.25) is 10.2 Å². The maximum Gasteiger partial charge on any atom is 0.251 e. The Balaban J connectivity index is 1.16. The molecule has 9 heteroatoms. The predicted octanol–water partition coefficient (Wildman–Crippen LogP) is 3.48. The lowest BCUT2D eigenvalue weighted by Crippen LogP contribution is -2.28. The molecule has 0 atom stereocenters. The number of benzene rings is 2. The molecule has 0 saturated carbocycles. The molecule has 9 nitrogen and oxygen atoms in total. The number of amides is 1. The average Bonchev–Trinajstić information content (AvgIpc) is 3.58. The van der Waals surface area contributed by atoms with Crippen molar-refractivity contribution in [3.63, 3.8) is 0 Å². The number of carbonyl (C=O) groups is 1. The molecule has 4 aromatic rings. The molecule has 1 saturated heterocycles. The molecule has 1 aliphatic rings. The number of rotatable bonds is 9. The number of hydrogen-bond acceptors (Lipinski definition) is 7. The second-order valence-electron chi connectivity index (χ2n) is 8.50. The van der Waals surface area contributed by atoms with E-state index in [-0.39, 0.29) is 5.91 Å². The molecule has 0 spiro atoms. The highest BCUT2D eigenvalue weighted by Gasteiger charge is 2.12. The SMILES string of the molecule is O=C(NCCCN1CCCC1)c1ccc(/C=N\Nc2ncnc3c2cnn3-c2ccccc2)cc1. The summed E-state index contributed by atoms with van der Waals surface area (Å²) in [5.41, 5.74) is 6.10. The summed E-state index contributed by atoms with van der Waals surface area (Å²) in [4.78, 5) is 23.5. The molecule has 35 heavy (non-hydrogen) atoms. The van der Waals surface area contributed by atoms with Crippen LogP contribution in [0.1, 0.15) is 35.2 Å². The van der Waals surface area contributed by atoms with Crippen LogP contribution in [0.4, 0.5) is 5.82 Å². The number of likely N-dealkylation sites (tertiary alicyclic amines) is 1. The lowest BCUT2D eigenvalue weighted by atomic mass is 10.1. The smallest absolute Gasteiger partial charge is 0.251 e. The Morgan fingerprint density at radius 3 is 2.63 bits per heavy atom. The zero-order valence-corrected chi connectivity index (χ0v) is 19.5. The van der Waals surface area contributed by atoms with Crippen LogP contribution in [-0.4, -0.2) is 62.9 Å². The summed E-state index contributed by atoms with van der Waals surface area (Å²) in [5.74, 6) is 0.519. The molecule has 0 unspecified atom stereocenters. The van der Waals surface area contributed by atoms with E-state index in [1.54, 1.807) is 17.1 Å². The van der Waals surface area contributed by atoms with Crippen molar-refractivity contribution < 1.29 is 4.79 Å². The summed E-state index contributed by atoms with van der Waals surface area (Å²) in [7, 11) is 0. The van der Waals surface area contributed by atoms with Gasteiger partial charge in [-0.15, -0.1) is 0 Å². The van der Waals surface area contributed by atoms with Crippen molar-refractivity contribution in [3.05, 3.63) is 78.2 Å². The first-order valence-electron chi connectivity index (χ1n) is 11.9. The maximum atomic E-state index is 12.4. The van der Waals surface area contributed by atoms with Gasteiger partial charge in [0, 0.05) is 12.1 Å². The number of nitrogens with zero attached hydrogens (tertiary/aromatic N) is 6. The van der Waals surface area contributed by atoms with E-state index in [0.29, 0.717) is 23.6 Å². The summed E-state index contributed by atoms with van der Waals surface area (Å²) in [6.45, 7) is 4.11. The van der Waals surface area contributed by atoms with Gasteiger partial charge in [0.25, 0.3) is 5.91 Å². The second kappa shape index (κ2) is 10.9. The number of aromatic nitrogens is 4. The molecule has 1 fully saturated rings. The second-order valence-corrected chi connectivity index (χ2v) is 8.50. The number of anilines is 1. The standard InChI is InChI=1S/C26H28N8O/c35-26(27-13-6-16-33-14-4-5-15-33)21-11-9-20(10-12-21)17-30-32-24-23-18-31-34(25(23)29-19-28-24)22-7-2-1-3-8-22/h1-3,7-12,17-19H,4-6,13-16H2,(H,27,35)(H,28,29,32)/b30-17-. The largest absolute Gasteiger partial charge is 0.352 e. The zero-order valence-electron chi connectivity index (χ0n) is 19.5. The summed E-state index contributed by atoms with van der Waals surface area (Å²) >= 11 is 0. The number of fused-ring (bicyclic) bond motifs is 1. The zero-order chi connectivity index (χ0) is 23.9. The fourth-order valence-electron chi connectivity index (χ4n) is 4.19. The van der Waals surface area contributed by atoms with Gasteiger partial charge >= 0.3 is 0 Å². The van der Waals surface area contributed by atoms with Gasteiger partial charge in [-0.05, 0) is 68.7 Å². The third-order valence-electron chi connectivity index (χ3n) is 6.06. The number of para-hydroxylation sites is 1. The molecule has 0 radical (unpaired) electrons. The molecular weight excluding hydrogens is 440 g/mol. The Hall–Kier alpha value is -4.11. The molecule has 2 aromatic carbocycles. The Kier molecular flexibility index (Phi) is 7.05. The molecule has 5 rings (SSSR count). The number of hydrazone groups is 1. The van der Waals surface area contributed by atoms with Gasteiger partial charge in [0.05, 0.1) is 23.5 Å². The van der Waals surface area contributed by atoms with Crippen LogP contribution in [-0.2, 0) is 0 Å². The summed E-state index contributed by atoms with van der Waals surface area (Å²) in [6.07, 6.45) is 8.45. The van der Waals surface area contributed by atoms with Crippen LogP contribution in [0.5, 0.6) is 0 Å². The average molecular weight is 469 g/mol. The molecule has 1 aliphatic heterocycles. The molecule has 3 heterocycles. The topological polar surface area (TPSA) is 100 Å². The first-order valence-corrected chi connectivity index (χ1v) is 11.9. The number of hydrogen-bond donors (Lipinski definition) is 2. The van der Waals surface area contributed by atoms with Crippen molar-refractivity contribution >= 4 is 29.0 Å². The van der Waals surface area contributed by atoms with Crippen molar-refractivity contribution in [1.82, 2.24) is 30.0 Å². The van der Waals surface area contributed by atoms with Crippen LogP contribution >= 0.6 is 0 Å². The fourth-order valence-corrected chi connectivity index (χ4v) is 4.19. The Labute approximate surface area is 203 Å². The molecule has 2 aromatic heterocycles. The van der Waals surface area contributed by atoms with Crippen LogP contribution in [0.3, 0.4) is 0 Å². The first kappa shape index (κ1) is 22.7. The molecule has 0 aliphatic carbocycles. The highest BCUT2D eigenvalue weighted by molar-refractivity contribution is 5.95. The lowest BCUT2D eigenvalue weighted by molar-refractivity contribution is 0.0952. The van der Waals surface area contributed by atoms with E-state index in [0.717, 1.165) is 29.6 Å². The van der Waals surface area contributed by atoms with E-state index in [1.807, 2.05) is 54.6 Å². The van der Waals surface area contributed by atoms with Crippen LogP contribution in [0.15, 0.2) is 72.2 Å². The van der Waals surface area contributed by atoms with Gasteiger partial charge < -0.3 is 10.2 Å². The van der Waals surface area contributed by atoms with Crippen molar-refractivity contribution in [2.45, 2.75) is 19.3 Å². The predicted molar refractivity (Wildman–Crippen MR) is 137 cm³/mol.